The number of hydrogen-bond acceptors (Lipinski definition) is 21. The van der Waals surface area contributed by atoms with Gasteiger partial charge < -0.3 is 49.8 Å². The van der Waals surface area contributed by atoms with Crippen LogP contribution in [0.25, 0.3) is 16.5 Å². The number of phenolic OH excluding ortho intramolecular Hbond substituents is 1. The third-order valence-electron chi connectivity index (χ3n) is 9.03. The van der Waals surface area contributed by atoms with Gasteiger partial charge >= 0.3 is 17.9 Å². The molecule has 1 aromatic heterocycles. The molecule has 0 amide bonds. The fraction of sp³-hybridized carbons (Fsp3) is 0.105. The smallest absolute Gasteiger partial charge is 0.358 e. The molecule has 0 fully saturated rings. The average Bonchev–Trinajstić information content (AvgIpc) is 3.62. The number of ether oxygens (including phenoxy) is 2. The number of fused-ring (bicyclic) bond motifs is 1. The Hall–Kier alpha value is -8.17. The molecule has 6 rings (SSSR count). The van der Waals surface area contributed by atoms with Crippen molar-refractivity contribution in [2.45, 2.75) is 14.7 Å². The molecule has 0 aliphatic heterocycles. The van der Waals surface area contributed by atoms with E-state index in [-0.39, 0.29) is 56.5 Å². The van der Waals surface area contributed by atoms with Crippen molar-refractivity contribution in [3.05, 3.63) is 89.6 Å². The first-order valence-electron chi connectivity index (χ1n) is 18.6. The molecule has 31 heteroatoms. The summed E-state index contributed by atoms with van der Waals surface area (Å²) in [7, 11) is -10.3. The van der Waals surface area contributed by atoms with E-state index in [1.807, 2.05) is 0 Å². The van der Waals surface area contributed by atoms with Crippen molar-refractivity contribution < 1.29 is 94.3 Å². The molecule has 360 valence electrons. The maximum Gasteiger partial charge on any atom is 0.358 e. The van der Waals surface area contributed by atoms with Crippen LogP contribution in [0.3, 0.4) is 0 Å². The number of carboxylic acids is 3. The number of aliphatic hydroxyl groups excluding tert-OH is 2. The van der Waals surface area contributed by atoms with Crippen LogP contribution in [0.4, 0.5) is 34.1 Å². The SMILES string of the molecule is O=C(O)c1cc(S(=O)O)ccc1N=Nc1cc(OCCO)c(N=Nc2c(S(=O)(=O)O)cc3c(-n4nc(C(=O)O)c(N=Nc5ccc(S(=O)(=O)O)cc5C(=O)O)c4O)cccc3c2O)cc1OCCO. The number of carbonyl (C=O) groups is 3. The second kappa shape index (κ2) is 20.4. The van der Waals surface area contributed by atoms with Gasteiger partial charge in [0, 0.05) is 22.9 Å². The highest BCUT2D eigenvalue weighted by Gasteiger charge is 2.28. The quantitative estimate of drug-likeness (QED) is 0.0268. The van der Waals surface area contributed by atoms with E-state index in [0.717, 1.165) is 54.6 Å². The van der Waals surface area contributed by atoms with Crippen molar-refractivity contribution >= 4 is 94.1 Å². The van der Waals surface area contributed by atoms with E-state index < -0.39 is 124 Å². The van der Waals surface area contributed by atoms with Crippen molar-refractivity contribution in [1.82, 2.24) is 9.78 Å². The van der Waals surface area contributed by atoms with Gasteiger partial charge in [0.1, 0.15) is 58.0 Å². The fourth-order valence-electron chi connectivity index (χ4n) is 6.01. The predicted octanol–water partition coefficient (Wildman–Crippen LogP) is 5.59. The van der Waals surface area contributed by atoms with Crippen LogP contribution in [0.5, 0.6) is 23.1 Å². The molecule has 28 nitrogen and oxygen atoms in total. The molecular weight excluding hydrogens is 985 g/mol. The summed E-state index contributed by atoms with van der Waals surface area (Å²) >= 11 is -2.54. The number of aliphatic hydroxyl groups is 2. The third-order valence-corrected chi connectivity index (χ3v) is 11.4. The molecule has 6 aromatic rings. The number of rotatable bonds is 19. The number of azo groups is 3. The van der Waals surface area contributed by atoms with Crippen molar-refractivity contribution in [2.24, 2.45) is 30.7 Å². The van der Waals surface area contributed by atoms with Crippen LogP contribution < -0.4 is 9.47 Å². The highest BCUT2D eigenvalue weighted by atomic mass is 32.2. The molecule has 0 aliphatic rings. The van der Waals surface area contributed by atoms with Gasteiger partial charge in [-0.1, -0.05) is 12.1 Å². The summed E-state index contributed by atoms with van der Waals surface area (Å²) in [5, 5.41) is 97.3. The van der Waals surface area contributed by atoms with Gasteiger partial charge in [0.15, 0.2) is 22.5 Å². The third kappa shape index (κ3) is 11.0. The summed E-state index contributed by atoms with van der Waals surface area (Å²) < 4.78 is 101. The Morgan fingerprint density at radius 3 is 1.71 bits per heavy atom. The highest BCUT2D eigenvalue weighted by Crippen LogP contribution is 2.46. The molecule has 69 heavy (non-hydrogen) atoms. The number of carboxylic acid groups (broad SMARTS) is 3. The summed E-state index contributed by atoms with van der Waals surface area (Å²) in [6, 6.07) is 11.7. The monoisotopic (exact) mass is 1010 g/mol. The first kappa shape index (κ1) is 50.2. The van der Waals surface area contributed by atoms with E-state index in [1.165, 1.54) is 12.1 Å². The lowest BCUT2D eigenvalue weighted by Gasteiger charge is -2.14. The Balaban J connectivity index is 1.48. The number of phenols is 1. The number of aromatic carboxylic acids is 3. The maximum absolute atomic E-state index is 12.9. The van der Waals surface area contributed by atoms with Crippen LogP contribution in [-0.2, 0) is 31.3 Å². The van der Waals surface area contributed by atoms with Crippen LogP contribution in [0.15, 0.2) is 118 Å². The Bertz CT molecular complexity index is 3430. The molecule has 0 spiro atoms. The standard InChI is InChI=1S/C38H30N8O20S3/c47-8-10-65-28-16-26(29(66-11-9-48)15-25(28)41-39-23-6-4-17(67(57)58)12-21(23)36(51)52)42-43-31-30(69(62,63)64)14-20-19(34(31)49)2-1-3-27(20)46-35(50)32(33(45-46)38(55)56)44-40-24-7-5-18(68(59,60)61)13-22(24)37(53)54/h1-7,12-16,47-50H,8-11H2,(H,51,52)(H,53,54)(H,55,56)(H,57,58)(H,59,60,61)(H,62,63,64). The minimum absolute atomic E-state index is 0.210. The largest absolute Gasteiger partial charge is 0.505 e. The van der Waals surface area contributed by atoms with E-state index in [4.69, 9.17) is 9.47 Å². The van der Waals surface area contributed by atoms with Gasteiger partial charge in [0.2, 0.25) is 11.6 Å². The van der Waals surface area contributed by atoms with Gasteiger partial charge in [-0.25, -0.2) is 18.6 Å². The predicted molar refractivity (Wildman–Crippen MR) is 231 cm³/mol. The minimum Gasteiger partial charge on any atom is -0.505 e. The van der Waals surface area contributed by atoms with Gasteiger partial charge in [-0.15, -0.1) is 30.7 Å². The lowest BCUT2D eigenvalue weighted by molar-refractivity contribution is 0.0681. The van der Waals surface area contributed by atoms with Crippen LogP contribution in [0, 0.1) is 0 Å². The van der Waals surface area contributed by atoms with Crippen molar-refractivity contribution in [3.8, 4) is 28.8 Å². The van der Waals surface area contributed by atoms with E-state index in [2.05, 4.69) is 35.8 Å². The normalized spacial score (nSPS) is 12.6. The summed E-state index contributed by atoms with van der Waals surface area (Å²) in [5.41, 5.74) is -5.94. The van der Waals surface area contributed by atoms with Gasteiger partial charge in [-0.3, -0.25) is 9.11 Å². The topological polar surface area (TPSA) is 449 Å². The zero-order valence-electron chi connectivity index (χ0n) is 34.1. The average molecular weight is 1010 g/mol. The highest BCUT2D eigenvalue weighted by molar-refractivity contribution is 7.86. The van der Waals surface area contributed by atoms with Gasteiger partial charge in [-0.2, -0.15) is 26.6 Å². The molecule has 0 radical (unpaired) electrons. The first-order valence-corrected chi connectivity index (χ1v) is 22.6. The number of hydrogen-bond donors (Lipinski definition) is 10. The maximum atomic E-state index is 12.9. The van der Waals surface area contributed by atoms with Crippen molar-refractivity contribution in [2.75, 3.05) is 26.4 Å². The van der Waals surface area contributed by atoms with Gasteiger partial charge in [-0.05, 0) is 48.5 Å². The minimum atomic E-state index is -5.39. The number of nitrogens with zero attached hydrogens (tertiary/aromatic N) is 8. The van der Waals surface area contributed by atoms with Gasteiger partial charge in [0.25, 0.3) is 20.2 Å². The first-order chi connectivity index (χ1) is 32.5. The van der Waals surface area contributed by atoms with Crippen molar-refractivity contribution in [1.29, 1.82) is 0 Å². The molecule has 1 atom stereocenters. The van der Waals surface area contributed by atoms with Crippen LogP contribution in [-0.4, -0.2) is 125 Å². The summed E-state index contributed by atoms with van der Waals surface area (Å²) in [6.07, 6.45) is 0. The van der Waals surface area contributed by atoms with Crippen LogP contribution in [0.2, 0.25) is 0 Å². The molecule has 0 saturated carbocycles. The summed E-state index contributed by atoms with van der Waals surface area (Å²) in [5.74, 6) is -7.71. The molecular formula is C38H30N8O20S3. The van der Waals surface area contributed by atoms with E-state index in [0.29, 0.717) is 10.7 Å². The van der Waals surface area contributed by atoms with Crippen molar-refractivity contribution in [3.63, 3.8) is 0 Å². The van der Waals surface area contributed by atoms with E-state index in [9.17, 15) is 84.8 Å². The lowest BCUT2D eigenvalue weighted by Crippen LogP contribution is -2.04. The second-order valence-corrected chi connectivity index (χ2v) is 17.2. The second-order valence-electron chi connectivity index (χ2n) is 13.4. The molecule has 0 bridgehead atoms. The van der Waals surface area contributed by atoms with E-state index in [1.54, 1.807) is 0 Å². The Labute approximate surface area is 387 Å². The molecule has 5 aromatic carbocycles. The zero-order valence-corrected chi connectivity index (χ0v) is 36.6. The number of aromatic nitrogens is 2. The lowest BCUT2D eigenvalue weighted by atomic mass is 10.1. The number of benzene rings is 5. The number of aromatic hydroxyl groups is 2. The zero-order chi connectivity index (χ0) is 50.5. The molecule has 0 saturated heterocycles. The summed E-state index contributed by atoms with van der Waals surface area (Å²) in [6.45, 7) is -1.90. The molecule has 10 N–H and O–H groups in total. The fourth-order valence-corrected chi connectivity index (χ4v) is 7.57. The summed E-state index contributed by atoms with van der Waals surface area (Å²) in [4.78, 5) is 33.8. The molecule has 1 heterocycles. The molecule has 0 aliphatic carbocycles. The Kier molecular flexibility index (Phi) is 14.8. The Morgan fingerprint density at radius 1 is 0.638 bits per heavy atom. The van der Waals surface area contributed by atoms with Crippen LogP contribution in [0.1, 0.15) is 31.2 Å². The van der Waals surface area contributed by atoms with Crippen LogP contribution >= 0.6 is 0 Å². The molecule has 1 unspecified atom stereocenters. The van der Waals surface area contributed by atoms with Gasteiger partial charge in [0.05, 0.1) is 39.8 Å². The van der Waals surface area contributed by atoms with E-state index >= 15 is 0 Å². The Morgan fingerprint density at radius 2 is 1.17 bits per heavy atom.